The fraction of sp³-hybridized carbons (Fsp3) is 0.867. The van der Waals surface area contributed by atoms with Crippen molar-refractivity contribution in [3.05, 3.63) is 0 Å². The van der Waals surface area contributed by atoms with Gasteiger partial charge in [0.2, 0.25) is 5.91 Å². The zero-order chi connectivity index (χ0) is 14.3. The van der Waals surface area contributed by atoms with Crippen LogP contribution in [0.1, 0.15) is 65.2 Å². The van der Waals surface area contributed by atoms with Crippen LogP contribution in [-0.4, -0.2) is 23.5 Å². The van der Waals surface area contributed by atoms with Gasteiger partial charge in [-0.3, -0.25) is 9.59 Å². The fourth-order valence-corrected chi connectivity index (χ4v) is 2.79. The number of carbonyl (C=O) groups is 2. The van der Waals surface area contributed by atoms with Crippen LogP contribution in [-0.2, 0) is 9.59 Å². The molecule has 0 spiro atoms. The van der Waals surface area contributed by atoms with Crippen molar-refractivity contribution in [1.82, 2.24) is 5.32 Å². The van der Waals surface area contributed by atoms with Crippen molar-refractivity contribution in [2.75, 3.05) is 6.54 Å². The maximum Gasteiger partial charge on any atom is 0.310 e. The molecule has 19 heavy (non-hydrogen) atoms. The van der Waals surface area contributed by atoms with E-state index in [9.17, 15) is 14.7 Å². The van der Waals surface area contributed by atoms with E-state index in [2.05, 4.69) is 19.2 Å². The Morgan fingerprint density at radius 3 is 2.37 bits per heavy atom. The highest BCUT2D eigenvalue weighted by Gasteiger charge is 2.42. The Balaban J connectivity index is 2.24. The Bertz CT molecular complexity index is 307. The topological polar surface area (TPSA) is 66.4 Å². The summed E-state index contributed by atoms with van der Waals surface area (Å²) in [7, 11) is 0. The van der Waals surface area contributed by atoms with Gasteiger partial charge in [-0.05, 0) is 25.2 Å². The fourth-order valence-electron chi connectivity index (χ4n) is 2.79. The van der Waals surface area contributed by atoms with Crippen molar-refractivity contribution >= 4 is 11.9 Å². The van der Waals surface area contributed by atoms with Crippen LogP contribution in [0.4, 0.5) is 0 Å². The first-order chi connectivity index (χ1) is 8.96. The molecule has 0 bridgehead atoms. The number of carbonyl (C=O) groups excluding carboxylic acids is 1. The molecule has 1 aliphatic rings. The van der Waals surface area contributed by atoms with E-state index in [1.807, 2.05) is 0 Å². The van der Waals surface area contributed by atoms with Crippen molar-refractivity contribution in [3.8, 4) is 0 Å². The van der Waals surface area contributed by atoms with Gasteiger partial charge in [0.15, 0.2) is 0 Å². The third kappa shape index (κ3) is 5.21. The van der Waals surface area contributed by atoms with Crippen LogP contribution in [0.3, 0.4) is 0 Å². The predicted molar refractivity (Wildman–Crippen MR) is 74.9 cm³/mol. The maximum atomic E-state index is 11.8. The average Bonchev–Trinajstić information content (AvgIpc) is 2.78. The molecule has 1 aliphatic carbocycles. The Kier molecular flexibility index (Phi) is 6.32. The number of hydrogen-bond acceptors (Lipinski definition) is 2. The van der Waals surface area contributed by atoms with Crippen molar-refractivity contribution in [1.29, 1.82) is 0 Å². The standard InChI is InChI=1S/C15H27NO3/c1-12(2)7-3-6-10-16-13(17)11-15(14(18)19)8-4-5-9-15/h12H,3-11H2,1-2H3,(H,16,17)(H,18,19). The van der Waals surface area contributed by atoms with E-state index in [0.717, 1.165) is 25.7 Å². The van der Waals surface area contributed by atoms with Gasteiger partial charge < -0.3 is 10.4 Å². The average molecular weight is 269 g/mol. The molecule has 0 radical (unpaired) electrons. The number of carboxylic acids is 1. The third-order valence-corrected chi connectivity index (χ3v) is 4.04. The SMILES string of the molecule is CC(C)CCCCNC(=O)CC1(C(=O)O)CCCC1. The van der Waals surface area contributed by atoms with Crippen LogP contribution >= 0.6 is 0 Å². The van der Waals surface area contributed by atoms with Crippen LogP contribution in [0.25, 0.3) is 0 Å². The number of aliphatic carboxylic acids is 1. The summed E-state index contributed by atoms with van der Waals surface area (Å²) in [6.45, 7) is 5.05. The summed E-state index contributed by atoms with van der Waals surface area (Å²) in [6.07, 6.45) is 6.54. The zero-order valence-corrected chi connectivity index (χ0v) is 12.2. The number of rotatable bonds is 8. The van der Waals surface area contributed by atoms with Crippen molar-refractivity contribution in [2.24, 2.45) is 11.3 Å². The molecular weight excluding hydrogens is 242 g/mol. The van der Waals surface area contributed by atoms with E-state index in [1.165, 1.54) is 6.42 Å². The lowest BCUT2D eigenvalue weighted by molar-refractivity contribution is -0.151. The van der Waals surface area contributed by atoms with Crippen molar-refractivity contribution in [3.63, 3.8) is 0 Å². The lowest BCUT2D eigenvalue weighted by Crippen LogP contribution is -2.36. The molecular formula is C15H27NO3. The lowest BCUT2D eigenvalue weighted by Gasteiger charge is -2.22. The summed E-state index contributed by atoms with van der Waals surface area (Å²) < 4.78 is 0. The smallest absolute Gasteiger partial charge is 0.310 e. The first-order valence-electron chi connectivity index (χ1n) is 7.46. The summed E-state index contributed by atoms with van der Waals surface area (Å²) in [5.74, 6) is -0.210. The summed E-state index contributed by atoms with van der Waals surface area (Å²) in [4.78, 5) is 23.2. The van der Waals surface area contributed by atoms with E-state index in [-0.39, 0.29) is 12.3 Å². The molecule has 0 aromatic heterocycles. The van der Waals surface area contributed by atoms with Gasteiger partial charge in [0.05, 0.1) is 5.41 Å². The monoisotopic (exact) mass is 269 g/mol. The maximum absolute atomic E-state index is 11.8. The van der Waals surface area contributed by atoms with Crippen LogP contribution in [0.15, 0.2) is 0 Å². The second-order valence-electron chi connectivity index (χ2n) is 6.21. The minimum atomic E-state index is -0.806. The molecule has 4 heteroatoms. The molecule has 0 aromatic rings. The zero-order valence-electron chi connectivity index (χ0n) is 12.2. The summed E-state index contributed by atoms with van der Waals surface area (Å²) >= 11 is 0. The second kappa shape index (κ2) is 7.51. The van der Waals surface area contributed by atoms with Crippen LogP contribution in [0.2, 0.25) is 0 Å². The van der Waals surface area contributed by atoms with Gasteiger partial charge in [-0.25, -0.2) is 0 Å². The number of nitrogens with one attached hydrogen (secondary N) is 1. The van der Waals surface area contributed by atoms with Gasteiger partial charge in [-0.1, -0.05) is 39.5 Å². The van der Waals surface area contributed by atoms with Gasteiger partial charge >= 0.3 is 5.97 Å². The van der Waals surface area contributed by atoms with E-state index in [0.29, 0.717) is 25.3 Å². The Morgan fingerprint density at radius 1 is 1.21 bits per heavy atom. The molecule has 0 atom stereocenters. The third-order valence-electron chi connectivity index (χ3n) is 4.04. The highest BCUT2D eigenvalue weighted by molar-refractivity contribution is 5.85. The largest absolute Gasteiger partial charge is 0.481 e. The molecule has 0 heterocycles. The van der Waals surface area contributed by atoms with E-state index < -0.39 is 11.4 Å². The predicted octanol–water partition coefficient (Wildman–Crippen LogP) is 2.96. The normalized spacial score (nSPS) is 17.6. The molecule has 4 nitrogen and oxygen atoms in total. The van der Waals surface area contributed by atoms with Crippen LogP contribution < -0.4 is 5.32 Å². The molecule has 0 aromatic carbocycles. The quantitative estimate of drug-likeness (QED) is 0.666. The molecule has 0 aliphatic heterocycles. The van der Waals surface area contributed by atoms with E-state index >= 15 is 0 Å². The minimum Gasteiger partial charge on any atom is -0.481 e. The number of carboxylic acid groups (broad SMARTS) is 1. The molecule has 110 valence electrons. The molecule has 1 amide bonds. The van der Waals surface area contributed by atoms with Crippen LogP contribution in [0, 0.1) is 11.3 Å². The highest BCUT2D eigenvalue weighted by Crippen LogP contribution is 2.41. The van der Waals surface area contributed by atoms with Gasteiger partial charge in [0.25, 0.3) is 0 Å². The second-order valence-corrected chi connectivity index (χ2v) is 6.21. The Labute approximate surface area is 116 Å². The Hall–Kier alpha value is -1.06. The molecule has 1 rings (SSSR count). The van der Waals surface area contributed by atoms with Gasteiger partial charge in [-0.2, -0.15) is 0 Å². The van der Waals surface area contributed by atoms with Gasteiger partial charge in [0, 0.05) is 13.0 Å². The molecule has 1 fully saturated rings. The summed E-state index contributed by atoms with van der Waals surface area (Å²) in [5, 5.41) is 12.2. The first-order valence-corrected chi connectivity index (χ1v) is 7.46. The van der Waals surface area contributed by atoms with Gasteiger partial charge in [0.1, 0.15) is 0 Å². The van der Waals surface area contributed by atoms with E-state index in [1.54, 1.807) is 0 Å². The minimum absolute atomic E-state index is 0.103. The molecule has 0 saturated heterocycles. The summed E-state index contributed by atoms with van der Waals surface area (Å²) in [5.41, 5.74) is -0.790. The lowest BCUT2D eigenvalue weighted by atomic mass is 9.82. The molecule has 1 saturated carbocycles. The first kappa shape index (κ1) is 16.0. The number of unbranched alkanes of at least 4 members (excludes halogenated alkanes) is 1. The van der Waals surface area contributed by atoms with E-state index in [4.69, 9.17) is 0 Å². The highest BCUT2D eigenvalue weighted by atomic mass is 16.4. The van der Waals surface area contributed by atoms with Crippen molar-refractivity contribution in [2.45, 2.75) is 65.2 Å². The Morgan fingerprint density at radius 2 is 1.84 bits per heavy atom. The van der Waals surface area contributed by atoms with Crippen molar-refractivity contribution < 1.29 is 14.7 Å². The number of hydrogen-bond donors (Lipinski definition) is 2. The molecule has 2 N–H and O–H groups in total. The number of amides is 1. The van der Waals surface area contributed by atoms with Gasteiger partial charge in [-0.15, -0.1) is 0 Å². The summed E-state index contributed by atoms with van der Waals surface area (Å²) in [6, 6.07) is 0. The molecule has 0 unspecified atom stereocenters. The van der Waals surface area contributed by atoms with Crippen LogP contribution in [0.5, 0.6) is 0 Å².